The predicted molar refractivity (Wildman–Crippen MR) is 169 cm³/mol. The van der Waals surface area contributed by atoms with Gasteiger partial charge in [-0.2, -0.15) is 0 Å². The average molecular weight is 595 g/mol. The number of rotatable bonds is 32. The van der Waals surface area contributed by atoms with Crippen LogP contribution < -0.4 is 0 Å². The third-order valence-electron chi connectivity index (χ3n) is 7.40. The van der Waals surface area contributed by atoms with Crippen LogP contribution in [-0.4, -0.2) is 74.7 Å². The largest absolute Gasteiger partial charge is 0.472 e. The minimum atomic E-state index is -4.14. The van der Waals surface area contributed by atoms with Gasteiger partial charge in [-0.15, -0.1) is 0 Å². The van der Waals surface area contributed by atoms with Crippen LogP contribution in [0.15, 0.2) is 0 Å². The molecule has 0 bridgehead atoms. The van der Waals surface area contributed by atoms with Gasteiger partial charge in [0.1, 0.15) is 19.3 Å². The summed E-state index contributed by atoms with van der Waals surface area (Å²) < 4.78 is 27.7. The first kappa shape index (κ1) is 40.0. The molecule has 0 aliphatic rings. The van der Waals surface area contributed by atoms with Crippen LogP contribution in [-0.2, 0) is 18.3 Å². The number of ether oxygens (including phenoxy) is 1. The van der Waals surface area contributed by atoms with E-state index in [1.165, 1.54) is 128 Å². The number of unbranched alkanes of at least 4 members (excludes halogenated alkanes) is 21. The molecule has 0 rings (SSSR count). The number of nitrogens with zero attached hydrogens (tertiary/aromatic N) is 1. The van der Waals surface area contributed by atoms with Gasteiger partial charge >= 0.3 is 7.82 Å². The minimum absolute atomic E-state index is 0.0954. The smallest absolute Gasteiger partial charge is 0.388 e. The van der Waals surface area contributed by atoms with E-state index in [9.17, 15) is 14.6 Å². The van der Waals surface area contributed by atoms with Crippen LogP contribution >= 0.6 is 7.82 Å². The second-order valence-electron chi connectivity index (χ2n) is 12.8. The van der Waals surface area contributed by atoms with E-state index in [1.807, 2.05) is 21.1 Å². The lowest BCUT2D eigenvalue weighted by Crippen LogP contribution is -2.37. The van der Waals surface area contributed by atoms with Crippen LogP contribution in [0.5, 0.6) is 0 Å². The van der Waals surface area contributed by atoms with Crippen LogP contribution in [0.2, 0.25) is 0 Å². The van der Waals surface area contributed by atoms with Gasteiger partial charge < -0.3 is 19.2 Å². The molecular weight excluding hydrogens is 525 g/mol. The quantitative estimate of drug-likeness (QED) is 0.0460. The standard InChI is InChI=1S/C32H68NO6P/c1-5-6-7-8-9-10-11-12-13-14-15-16-17-18-19-20-21-22-23-24-25-26-28-37-30-32(34)31-39-40(35,36)38-29-27-33(2,3)4/h32,34H,5-31H2,1-4H3/p+1. The van der Waals surface area contributed by atoms with Crippen molar-refractivity contribution in [2.75, 3.05) is 54.1 Å². The van der Waals surface area contributed by atoms with Gasteiger partial charge in [-0.1, -0.05) is 142 Å². The van der Waals surface area contributed by atoms with Crippen molar-refractivity contribution in [3.8, 4) is 0 Å². The Bertz CT molecular complexity index is 572. The molecule has 40 heavy (non-hydrogen) atoms. The van der Waals surface area contributed by atoms with E-state index >= 15 is 0 Å². The fraction of sp³-hybridized carbons (Fsp3) is 1.00. The normalized spacial score (nSPS) is 14.4. The number of phosphoric acid groups is 1. The van der Waals surface area contributed by atoms with Crippen molar-refractivity contribution >= 4 is 7.82 Å². The number of likely N-dealkylation sites (N-methyl/N-ethyl adjacent to an activating group) is 1. The topological polar surface area (TPSA) is 85.2 Å². The Labute approximate surface area is 249 Å². The third-order valence-corrected chi connectivity index (χ3v) is 8.38. The first-order valence-corrected chi connectivity index (χ1v) is 18.3. The Morgan fingerprint density at radius 3 is 1.32 bits per heavy atom. The molecule has 0 aromatic rings. The molecule has 0 aromatic heterocycles. The summed E-state index contributed by atoms with van der Waals surface area (Å²) in [6.45, 7) is 3.39. The number of aliphatic hydroxyl groups excluding tert-OH is 1. The van der Waals surface area contributed by atoms with Gasteiger partial charge in [-0.3, -0.25) is 9.05 Å². The molecule has 0 fully saturated rings. The van der Waals surface area contributed by atoms with Crippen LogP contribution in [0.1, 0.15) is 148 Å². The molecule has 2 atom stereocenters. The molecule has 242 valence electrons. The zero-order chi connectivity index (χ0) is 29.8. The van der Waals surface area contributed by atoms with E-state index in [4.69, 9.17) is 13.8 Å². The van der Waals surface area contributed by atoms with E-state index < -0.39 is 13.9 Å². The molecule has 0 saturated carbocycles. The van der Waals surface area contributed by atoms with Crippen molar-refractivity contribution in [3.05, 3.63) is 0 Å². The molecule has 8 heteroatoms. The number of hydrogen-bond acceptors (Lipinski definition) is 5. The van der Waals surface area contributed by atoms with E-state index in [0.717, 1.165) is 12.8 Å². The number of aliphatic hydroxyl groups is 1. The molecule has 0 aliphatic heterocycles. The summed E-state index contributed by atoms with van der Waals surface area (Å²) in [6.07, 6.45) is 29.2. The minimum Gasteiger partial charge on any atom is -0.388 e. The maximum Gasteiger partial charge on any atom is 0.472 e. The summed E-state index contributed by atoms with van der Waals surface area (Å²) in [5, 5.41) is 9.90. The van der Waals surface area contributed by atoms with Gasteiger partial charge in [0.2, 0.25) is 0 Å². The molecule has 0 spiro atoms. The van der Waals surface area contributed by atoms with Gasteiger partial charge in [0.25, 0.3) is 0 Å². The highest BCUT2D eigenvalue weighted by Gasteiger charge is 2.24. The summed E-state index contributed by atoms with van der Waals surface area (Å²) in [4.78, 5) is 9.67. The summed E-state index contributed by atoms with van der Waals surface area (Å²) in [5.74, 6) is 0. The lowest BCUT2D eigenvalue weighted by molar-refractivity contribution is -0.870. The number of phosphoric ester groups is 1. The van der Waals surface area contributed by atoms with Crippen molar-refractivity contribution in [1.82, 2.24) is 0 Å². The van der Waals surface area contributed by atoms with Crippen LogP contribution in [0.25, 0.3) is 0 Å². The van der Waals surface area contributed by atoms with Gasteiger partial charge in [-0.25, -0.2) is 4.57 Å². The molecule has 0 amide bonds. The fourth-order valence-corrected chi connectivity index (χ4v) is 5.48. The summed E-state index contributed by atoms with van der Waals surface area (Å²) in [5.41, 5.74) is 0. The molecule has 2 N–H and O–H groups in total. The molecule has 0 saturated heterocycles. The third kappa shape index (κ3) is 32.5. The van der Waals surface area contributed by atoms with E-state index in [1.54, 1.807) is 0 Å². The molecule has 2 unspecified atom stereocenters. The zero-order valence-corrected chi connectivity index (χ0v) is 28.0. The van der Waals surface area contributed by atoms with Crippen molar-refractivity contribution in [2.24, 2.45) is 0 Å². The maximum absolute atomic E-state index is 11.8. The monoisotopic (exact) mass is 594 g/mol. The Balaban J connectivity index is 3.29. The van der Waals surface area contributed by atoms with Gasteiger partial charge in [0.05, 0.1) is 34.4 Å². The van der Waals surface area contributed by atoms with E-state index in [-0.39, 0.29) is 19.8 Å². The van der Waals surface area contributed by atoms with Crippen molar-refractivity contribution < 1.29 is 32.8 Å². The van der Waals surface area contributed by atoms with Crippen LogP contribution in [0, 0.1) is 0 Å². The zero-order valence-electron chi connectivity index (χ0n) is 27.1. The van der Waals surface area contributed by atoms with Crippen LogP contribution in [0.4, 0.5) is 0 Å². The Hall–Kier alpha value is -0.0100. The Morgan fingerprint density at radius 2 is 0.950 bits per heavy atom. The SMILES string of the molecule is CCCCCCCCCCCCCCCCCCCCCCCCOCC(O)COP(=O)(O)OCC[N+](C)(C)C. The molecule has 0 aliphatic carbocycles. The van der Waals surface area contributed by atoms with Gasteiger partial charge in [0, 0.05) is 6.61 Å². The summed E-state index contributed by atoms with van der Waals surface area (Å²) >= 11 is 0. The maximum atomic E-state index is 11.8. The lowest BCUT2D eigenvalue weighted by Gasteiger charge is -2.24. The van der Waals surface area contributed by atoms with Gasteiger partial charge in [0.15, 0.2) is 0 Å². The highest BCUT2D eigenvalue weighted by Crippen LogP contribution is 2.43. The van der Waals surface area contributed by atoms with Crippen molar-refractivity contribution in [1.29, 1.82) is 0 Å². The average Bonchev–Trinajstić information content (AvgIpc) is 2.89. The molecule has 0 radical (unpaired) electrons. The first-order valence-electron chi connectivity index (χ1n) is 16.8. The number of hydrogen-bond donors (Lipinski definition) is 2. The molecular formula is C32H69NO6P+. The van der Waals surface area contributed by atoms with E-state index in [0.29, 0.717) is 17.6 Å². The molecule has 7 nitrogen and oxygen atoms in total. The second-order valence-corrected chi connectivity index (χ2v) is 14.2. The van der Waals surface area contributed by atoms with Crippen molar-refractivity contribution in [2.45, 2.75) is 154 Å². The predicted octanol–water partition coefficient (Wildman–Crippen LogP) is 8.81. The lowest BCUT2D eigenvalue weighted by atomic mass is 10.0. The first-order chi connectivity index (χ1) is 19.2. The van der Waals surface area contributed by atoms with Gasteiger partial charge in [-0.05, 0) is 6.42 Å². The fourth-order valence-electron chi connectivity index (χ4n) is 4.73. The highest BCUT2D eigenvalue weighted by atomic mass is 31.2. The molecule has 0 heterocycles. The van der Waals surface area contributed by atoms with Crippen LogP contribution in [0.3, 0.4) is 0 Å². The summed E-state index contributed by atoms with van der Waals surface area (Å²) in [6, 6.07) is 0. The Kier molecular flexibility index (Phi) is 27.8. The Morgan fingerprint density at radius 1 is 0.575 bits per heavy atom. The molecule has 0 aromatic carbocycles. The van der Waals surface area contributed by atoms with E-state index in [2.05, 4.69) is 6.92 Å². The second kappa shape index (κ2) is 27.8. The number of quaternary nitrogens is 1. The summed E-state index contributed by atoms with van der Waals surface area (Å²) in [7, 11) is 1.76. The van der Waals surface area contributed by atoms with Crippen molar-refractivity contribution in [3.63, 3.8) is 0 Å². The highest BCUT2D eigenvalue weighted by molar-refractivity contribution is 7.47.